The molecule has 1 aliphatic heterocycles. The second kappa shape index (κ2) is 5.47. The van der Waals surface area contributed by atoms with Gasteiger partial charge >= 0.3 is 5.91 Å². The number of carbonyl (C=O) groups excluding carboxylic acids is 2. The molecule has 2 heterocycles. The smallest absolute Gasteiger partial charge is 0.301 e. The number of imide groups is 1. The SMILES string of the molecule is COc1ccc(N2C(=O)C(O)=C(c3cccs3)C2=O)cc1Cl. The Bertz CT molecular complexity index is 798. The first-order valence-electron chi connectivity index (χ1n) is 6.24. The number of benzene rings is 1. The van der Waals surface area contributed by atoms with Crippen LogP contribution >= 0.6 is 22.9 Å². The largest absolute Gasteiger partial charge is 0.502 e. The van der Waals surface area contributed by atoms with Crippen molar-refractivity contribution in [2.24, 2.45) is 0 Å². The minimum Gasteiger partial charge on any atom is -0.502 e. The lowest BCUT2D eigenvalue weighted by Gasteiger charge is -2.15. The molecule has 0 aliphatic carbocycles. The summed E-state index contributed by atoms with van der Waals surface area (Å²) in [5, 5.41) is 12.1. The fourth-order valence-electron chi connectivity index (χ4n) is 2.19. The summed E-state index contributed by atoms with van der Waals surface area (Å²) in [7, 11) is 1.47. The normalized spacial score (nSPS) is 14.9. The molecule has 0 unspecified atom stereocenters. The zero-order chi connectivity index (χ0) is 15.9. The summed E-state index contributed by atoms with van der Waals surface area (Å²) in [5.41, 5.74) is 0.283. The molecule has 5 nitrogen and oxygen atoms in total. The molecular weight excluding hydrogens is 326 g/mol. The molecule has 2 amide bonds. The van der Waals surface area contributed by atoms with Gasteiger partial charge in [-0.15, -0.1) is 11.3 Å². The number of hydrogen-bond acceptors (Lipinski definition) is 5. The monoisotopic (exact) mass is 335 g/mol. The van der Waals surface area contributed by atoms with E-state index in [4.69, 9.17) is 16.3 Å². The van der Waals surface area contributed by atoms with E-state index in [2.05, 4.69) is 0 Å². The lowest BCUT2D eigenvalue weighted by molar-refractivity contribution is -0.121. The van der Waals surface area contributed by atoms with Gasteiger partial charge in [0.1, 0.15) is 11.3 Å². The van der Waals surface area contributed by atoms with E-state index in [0.29, 0.717) is 10.6 Å². The number of ether oxygens (including phenoxy) is 1. The fourth-order valence-corrected chi connectivity index (χ4v) is 3.20. The average Bonchev–Trinajstić information content (AvgIpc) is 3.08. The summed E-state index contributed by atoms with van der Waals surface area (Å²) >= 11 is 7.30. The maximum atomic E-state index is 12.5. The molecule has 0 bridgehead atoms. The van der Waals surface area contributed by atoms with E-state index >= 15 is 0 Å². The number of halogens is 1. The predicted molar refractivity (Wildman–Crippen MR) is 84.4 cm³/mol. The number of rotatable bonds is 3. The van der Waals surface area contributed by atoms with Crippen LogP contribution in [-0.4, -0.2) is 24.0 Å². The maximum absolute atomic E-state index is 12.5. The van der Waals surface area contributed by atoms with Crippen LogP contribution in [0.15, 0.2) is 41.5 Å². The Balaban J connectivity index is 2.03. The number of methoxy groups -OCH3 is 1. The average molecular weight is 336 g/mol. The van der Waals surface area contributed by atoms with Crippen molar-refractivity contribution in [3.63, 3.8) is 0 Å². The van der Waals surface area contributed by atoms with E-state index in [1.807, 2.05) is 0 Å². The van der Waals surface area contributed by atoms with Crippen LogP contribution < -0.4 is 9.64 Å². The number of anilines is 1. The minimum atomic E-state index is -0.769. The molecule has 22 heavy (non-hydrogen) atoms. The van der Waals surface area contributed by atoms with Gasteiger partial charge in [0.25, 0.3) is 5.91 Å². The van der Waals surface area contributed by atoms with Crippen molar-refractivity contribution in [2.45, 2.75) is 0 Å². The van der Waals surface area contributed by atoms with E-state index in [1.165, 1.54) is 30.6 Å². The van der Waals surface area contributed by atoms with Crippen LogP contribution in [0.2, 0.25) is 5.02 Å². The van der Waals surface area contributed by atoms with Crippen molar-refractivity contribution in [1.82, 2.24) is 0 Å². The van der Waals surface area contributed by atoms with Gasteiger partial charge in [-0.05, 0) is 29.6 Å². The Morgan fingerprint density at radius 1 is 1.23 bits per heavy atom. The van der Waals surface area contributed by atoms with E-state index < -0.39 is 17.6 Å². The maximum Gasteiger partial charge on any atom is 0.301 e. The van der Waals surface area contributed by atoms with Crippen LogP contribution in [0.5, 0.6) is 5.75 Å². The summed E-state index contributed by atoms with van der Waals surface area (Å²) < 4.78 is 5.04. The van der Waals surface area contributed by atoms with Gasteiger partial charge in [0.05, 0.1) is 17.8 Å². The van der Waals surface area contributed by atoms with Gasteiger partial charge in [-0.25, -0.2) is 4.90 Å². The van der Waals surface area contributed by atoms with E-state index in [9.17, 15) is 14.7 Å². The summed E-state index contributed by atoms with van der Waals surface area (Å²) in [6.07, 6.45) is 0. The Morgan fingerprint density at radius 2 is 2.00 bits per heavy atom. The van der Waals surface area contributed by atoms with Crippen molar-refractivity contribution >= 4 is 46.0 Å². The van der Waals surface area contributed by atoms with Gasteiger partial charge in [0, 0.05) is 4.88 Å². The molecule has 0 saturated heterocycles. The van der Waals surface area contributed by atoms with Crippen molar-refractivity contribution < 1.29 is 19.4 Å². The molecule has 0 saturated carbocycles. The van der Waals surface area contributed by atoms with Gasteiger partial charge < -0.3 is 9.84 Å². The molecule has 1 aromatic carbocycles. The van der Waals surface area contributed by atoms with Crippen molar-refractivity contribution in [2.75, 3.05) is 12.0 Å². The molecule has 1 aromatic heterocycles. The quantitative estimate of drug-likeness (QED) is 0.874. The molecule has 112 valence electrons. The molecular formula is C15H10ClNO4S. The van der Waals surface area contributed by atoms with Gasteiger partial charge in [0.15, 0.2) is 5.76 Å². The van der Waals surface area contributed by atoms with Crippen molar-refractivity contribution in [3.8, 4) is 5.75 Å². The molecule has 2 aromatic rings. The lowest BCUT2D eigenvalue weighted by atomic mass is 10.2. The Hall–Kier alpha value is -2.31. The second-order valence-corrected chi connectivity index (χ2v) is 5.82. The number of carbonyl (C=O) groups is 2. The highest BCUT2D eigenvalue weighted by atomic mass is 35.5. The highest BCUT2D eigenvalue weighted by molar-refractivity contribution is 7.11. The zero-order valence-electron chi connectivity index (χ0n) is 11.4. The first-order valence-corrected chi connectivity index (χ1v) is 7.49. The number of amides is 2. The summed E-state index contributed by atoms with van der Waals surface area (Å²) in [4.78, 5) is 26.2. The third-order valence-corrected chi connectivity index (χ3v) is 4.40. The van der Waals surface area contributed by atoms with E-state index in [0.717, 1.165) is 4.90 Å². The van der Waals surface area contributed by atoms with Gasteiger partial charge in [-0.2, -0.15) is 0 Å². The molecule has 1 aliphatic rings. The summed E-state index contributed by atoms with van der Waals surface area (Å²) in [6, 6.07) is 7.95. The van der Waals surface area contributed by atoms with E-state index in [1.54, 1.807) is 23.6 Å². The first-order chi connectivity index (χ1) is 10.5. The fraction of sp³-hybridized carbons (Fsp3) is 0.0667. The molecule has 0 atom stereocenters. The van der Waals surface area contributed by atoms with Crippen LogP contribution in [0.3, 0.4) is 0 Å². The summed E-state index contributed by atoms with van der Waals surface area (Å²) in [5.74, 6) is -1.47. The molecule has 0 fully saturated rings. The summed E-state index contributed by atoms with van der Waals surface area (Å²) in [6.45, 7) is 0. The number of aliphatic hydroxyl groups excluding tert-OH is 1. The van der Waals surface area contributed by atoms with E-state index in [-0.39, 0.29) is 16.3 Å². The topological polar surface area (TPSA) is 66.8 Å². The molecule has 1 N–H and O–H groups in total. The Morgan fingerprint density at radius 3 is 2.59 bits per heavy atom. The molecule has 0 radical (unpaired) electrons. The number of nitrogens with zero attached hydrogens (tertiary/aromatic N) is 1. The predicted octanol–water partition coefficient (Wildman–Crippen LogP) is 3.25. The number of thiophene rings is 1. The van der Waals surface area contributed by atoms with Crippen LogP contribution in [0.1, 0.15) is 4.88 Å². The third-order valence-electron chi connectivity index (χ3n) is 3.22. The molecule has 0 spiro atoms. The first kappa shape index (κ1) is 14.6. The minimum absolute atomic E-state index is 0.00643. The second-order valence-electron chi connectivity index (χ2n) is 4.47. The molecule has 7 heteroatoms. The highest BCUT2D eigenvalue weighted by Gasteiger charge is 2.40. The zero-order valence-corrected chi connectivity index (χ0v) is 12.9. The van der Waals surface area contributed by atoms with Gasteiger partial charge in [0.2, 0.25) is 0 Å². The standard InChI is InChI=1S/C15H10ClNO4S/c1-21-10-5-4-8(7-9(10)16)17-14(19)12(13(18)15(17)20)11-3-2-6-22-11/h2-7,18H,1H3. The van der Waals surface area contributed by atoms with Crippen LogP contribution in [0.4, 0.5) is 5.69 Å². The Labute approximate surface area is 135 Å². The number of hydrogen-bond donors (Lipinski definition) is 1. The van der Waals surface area contributed by atoms with Gasteiger partial charge in [-0.3, -0.25) is 9.59 Å². The molecule has 3 rings (SSSR count). The highest BCUT2D eigenvalue weighted by Crippen LogP contribution is 2.36. The lowest BCUT2D eigenvalue weighted by Crippen LogP contribution is -2.31. The van der Waals surface area contributed by atoms with Crippen molar-refractivity contribution in [3.05, 3.63) is 51.4 Å². The van der Waals surface area contributed by atoms with Crippen LogP contribution in [0.25, 0.3) is 5.57 Å². The van der Waals surface area contributed by atoms with Gasteiger partial charge in [-0.1, -0.05) is 17.7 Å². The van der Waals surface area contributed by atoms with Crippen LogP contribution in [-0.2, 0) is 9.59 Å². The number of aliphatic hydroxyl groups is 1. The van der Waals surface area contributed by atoms with Crippen molar-refractivity contribution in [1.29, 1.82) is 0 Å². The van der Waals surface area contributed by atoms with Crippen LogP contribution in [0, 0.1) is 0 Å². The third kappa shape index (κ3) is 2.17. The Kier molecular flexibility index (Phi) is 3.64.